The number of carboxylic acid groups (broad SMARTS) is 1. The molecule has 0 saturated carbocycles. The highest BCUT2D eigenvalue weighted by Crippen LogP contribution is 2.28. The Labute approximate surface area is 197 Å². The molecule has 0 saturated heterocycles. The fraction of sp³-hybridized carbons (Fsp3) is 0.296. The minimum atomic E-state index is -1.06. The zero-order chi connectivity index (χ0) is 24.4. The first-order chi connectivity index (χ1) is 16.3. The molecule has 0 aliphatic rings. The molecule has 34 heavy (non-hydrogen) atoms. The topological polar surface area (TPSA) is 97.1 Å². The third kappa shape index (κ3) is 4.33. The first-order valence-corrected chi connectivity index (χ1v) is 11.5. The number of aliphatic carboxylic acids is 1. The average Bonchev–Trinajstić information content (AvgIpc) is 3.22. The molecule has 0 aliphatic heterocycles. The van der Waals surface area contributed by atoms with Gasteiger partial charge in [-0.1, -0.05) is 56.3 Å². The van der Waals surface area contributed by atoms with Gasteiger partial charge in [0, 0.05) is 29.2 Å². The summed E-state index contributed by atoms with van der Waals surface area (Å²) < 4.78 is 2.66. The monoisotopic (exact) mass is 459 g/mol. The normalized spacial score (nSPS) is 12.8. The largest absolute Gasteiger partial charge is 0.481 e. The van der Waals surface area contributed by atoms with Crippen LogP contribution in [0.1, 0.15) is 50.8 Å². The van der Waals surface area contributed by atoms with Crippen LogP contribution in [0.15, 0.2) is 64.3 Å². The molecule has 2 N–H and O–H groups in total. The Morgan fingerprint density at radius 1 is 1.09 bits per heavy atom. The van der Waals surface area contributed by atoms with Crippen molar-refractivity contribution in [2.75, 3.05) is 0 Å². The van der Waals surface area contributed by atoms with Crippen molar-refractivity contribution >= 4 is 33.9 Å². The van der Waals surface area contributed by atoms with Crippen molar-refractivity contribution in [3.63, 3.8) is 0 Å². The summed E-state index contributed by atoms with van der Waals surface area (Å²) in [6, 6.07) is 12.9. The van der Waals surface area contributed by atoms with Crippen molar-refractivity contribution in [3.8, 4) is 0 Å². The quantitative estimate of drug-likeness (QED) is 0.396. The zero-order valence-corrected chi connectivity index (χ0v) is 19.6. The second-order valence-corrected chi connectivity index (χ2v) is 8.99. The predicted molar refractivity (Wildman–Crippen MR) is 135 cm³/mol. The fourth-order valence-corrected chi connectivity index (χ4v) is 4.41. The van der Waals surface area contributed by atoms with Crippen LogP contribution in [0.2, 0.25) is 0 Å². The highest BCUT2D eigenvalue weighted by atomic mass is 16.4. The maximum Gasteiger partial charge on any atom is 0.332 e. The number of nitrogens with one attached hydrogen (secondary N) is 1. The van der Waals surface area contributed by atoms with Crippen LogP contribution < -0.4 is 11.2 Å². The molecule has 4 aromatic rings. The standard InChI is InChI=1S/C27H29N3O4/c1-17(2)8-6-9-19-10-7-13-23-25(19)26(33)29(15-14-24(31)32)27(34)30(23)18(3)21-16-28-22-12-5-4-11-20(21)22/h4-7,9-13,16-18,28H,8,14-15H2,1-3H3,(H,31,32). The van der Waals surface area contributed by atoms with Gasteiger partial charge >= 0.3 is 11.7 Å². The molecule has 176 valence electrons. The van der Waals surface area contributed by atoms with E-state index in [1.165, 1.54) is 0 Å². The number of aromatic nitrogens is 3. The minimum absolute atomic E-state index is 0.187. The number of benzene rings is 2. The Kier molecular flexibility index (Phi) is 6.54. The molecule has 0 radical (unpaired) electrons. The van der Waals surface area contributed by atoms with Gasteiger partial charge in [0.25, 0.3) is 5.56 Å². The number of hydrogen-bond donors (Lipinski definition) is 2. The van der Waals surface area contributed by atoms with Crippen molar-refractivity contribution < 1.29 is 9.90 Å². The van der Waals surface area contributed by atoms with Gasteiger partial charge < -0.3 is 10.1 Å². The van der Waals surface area contributed by atoms with Crippen LogP contribution in [-0.2, 0) is 11.3 Å². The number of aromatic amines is 1. The van der Waals surface area contributed by atoms with Gasteiger partial charge in [-0.25, -0.2) is 4.79 Å². The Hall–Kier alpha value is -3.87. The van der Waals surface area contributed by atoms with Gasteiger partial charge in [-0.15, -0.1) is 0 Å². The van der Waals surface area contributed by atoms with Crippen LogP contribution in [0.3, 0.4) is 0 Å². The van der Waals surface area contributed by atoms with E-state index in [9.17, 15) is 19.5 Å². The van der Waals surface area contributed by atoms with Gasteiger partial charge in [0.15, 0.2) is 0 Å². The summed E-state index contributed by atoms with van der Waals surface area (Å²) in [6.45, 7) is 5.97. The minimum Gasteiger partial charge on any atom is -0.481 e. The summed E-state index contributed by atoms with van der Waals surface area (Å²) >= 11 is 0. The number of hydrogen-bond acceptors (Lipinski definition) is 3. The maximum atomic E-state index is 13.6. The molecule has 1 unspecified atom stereocenters. The number of para-hydroxylation sites is 1. The van der Waals surface area contributed by atoms with Crippen molar-refractivity contribution in [2.45, 2.75) is 46.2 Å². The van der Waals surface area contributed by atoms with E-state index in [0.29, 0.717) is 22.4 Å². The molecule has 0 amide bonds. The first-order valence-electron chi connectivity index (χ1n) is 11.5. The summed E-state index contributed by atoms with van der Waals surface area (Å²) in [5.74, 6) is -0.591. The third-order valence-corrected chi connectivity index (χ3v) is 6.14. The Bertz CT molecular complexity index is 1500. The summed E-state index contributed by atoms with van der Waals surface area (Å²) in [4.78, 5) is 41.6. The molecule has 2 aromatic heterocycles. The molecule has 0 aliphatic carbocycles. The SMILES string of the molecule is CC(C)CC=Cc1cccc2c1c(=O)n(CCC(=O)O)c(=O)n2C(C)c1c[nH]c2ccccc12. The molecular weight excluding hydrogens is 430 g/mol. The number of fused-ring (bicyclic) bond motifs is 2. The lowest BCUT2D eigenvalue weighted by atomic mass is 10.0. The number of carbonyl (C=O) groups is 1. The van der Waals surface area contributed by atoms with Crippen LogP contribution in [0.25, 0.3) is 27.9 Å². The van der Waals surface area contributed by atoms with E-state index >= 15 is 0 Å². The Morgan fingerprint density at radius 2 is 1.85 bits per heavy atom. The average molecular weight is 460 g/mol. The lowest BCUT2D eigenvalue weighted by Gasteiger charge is -2.20. The van der Waals surface area contributed by atoms with E-state index in [1.54, 1.807) is 10.6 Å². The van der Waals surface area contributed by atoms with E-state index in [1.807, 2.05) is 61.7 Å². The molecule has 2 aromatic carbocycles. The van der Waals surface area contributed by atoms with Gasteiger partial charge in [0.2, 0.25) is 0 Å². The van der Waals surface area contributed by atoms with Gasteiger partial charge in [0.05, 0.1) is 23.4 Å². The molecule has 2 heterocycles. The van der Waals surface area contributed by atoms with Crippen LogP contribution in [0.5, 0.6) is 0 Å². The van der Waals surface area contributed by atoms with Gasteiger partial charge in [-0.2, -0.15) is 0 Å². The summed E-state index contributed by atoms with van der Waals surface area (Å²) in [5.41, 5.74) is 2.15. The number of rotatable bonds is 8. The molecule has 0 bridgehead atoms. The molecule has 7 heteroatoms. The summed E-state index contributed by atoms with van der Waals surface area (Å²) in [6.07, 6.45) is 6.37. The zero-order valence-electron chi connectivity index (χ0n) is 19.6. The Balaban J connectivity index is 1.99. The predicted octanol–water partition coefficient (Wildman–Crippen LogP) is 4.79. The summed E-state index contributed by atoms with van der Waals surface area (Å²) in [7, 11) is 0. The summed E-state index contributed by atoms with van der Waals surface area (Å²) in [5, 5.41) is 10.6. The lowest BCUT2D eigenvalue weighted by Crippen LogP contribution is -2.42. The molecule has 4 rings (SSSR count). The Morgan fingerprint density at radius 3 is 2.59 bits per heavy atom. The molecule has 0 spiro atoms. The van der Waals surface area contributed by atoms with E-state index < -0.39 is 23.3 Å². The number of H-pyrrole nitrogens is 1. The maximum absolute atomic E-state index is 13.6. The van der Waals surface area contributed by atoms with Gasteiger partial charge in [0.1, 0.15) is 0 Å². The number of allylic oxidation sites excluding steroid dienone is 1. The number of carboxylic acids is 1. The number of nitrogens with zero attached hydrogens (tertiary/aromatic N) is 2. The molecule has 0 fully saturated rings. The van der Waals surface area contributed by atoms with Crippen LogP contribution in [0.4, 0.5) is 0 Å². The van der Waals surface area contributed by atoms with Gasteiger partial charge in [-0.05, 0) is 37.0 Å². The highest BCUT2D eigenvalue weighted by molar-refractivity contribution is 5.88. The highest BCUT2D eigenvalue weighted by Gasteiger charge is 2.22. The smallest absolute Gasteiger partial charge is 0.332 e. The molecular formula is C27H29N3O4. The molecule has 1 atom stereocenters. The second-order valence-electron chi connectivity index (χ2n) is 8.99. The van der Waals surface area contributed by atoms with Crippen molar-refractivity contribution in [2.24, 2.45) is 5.92 Å². The second kappa shape index (κ2) is 9.55. The lowest BCUT2D eigenvalue weighted by molar-refractivity contribution is -0.137. The fourth-order valence-electron chi connectivity index (χ4n) is 4.41. The van der Waals surface area contributed by atoms with Crippen LogP contribution >= 0.6 is 0 Å². The van der Waals surface area contributed by atoms with Crippen molar-refractivity contribution in [1.29, 1.82) is 0 Å². The van der Waals surface area contributed by atoms with E-state index in [2.05, 4.69) is 18.8 Å². The van der Waals surface area contributed by atoms with Gasteiger partial charge in [-0.3, -0.25) is 18.7 Å². The van der Waals surface area contributed by atoms with E-state index in [0.717, 1.165) is 27.5 Å². The van der Waals surface area contributed by atoms with E-state index in [-0.39, 0.29) is 13.0 Å². The van der Waals surface area contributed by atoms with Crippen molar-refractivity contribution in [1.82, 2.24) is 14.1 Å². The molecule has 7 nitrogen and oxygen atoms in total. The van der Waals surface area contributed by atoms with E-state index in [4.69, 9.17) is 0 Å². The third-order valence-electron chi connectivity index (χ3n) is 6.14. The van der Waals surface area contributed by atoms with Crippen LogP contribution in [-0.4, -0.2) is 25.2 Å². The van der Waals surface area contributed by atoms with Crippen molar-refractivity contribution in [3.05, 3.63) is 86.7 Å². The first kappa shape index (κ1) is 23.3. The van der Waals surface area contributed by atoms with Crippen LogP contribution in [0, 0.1) is 5.92 Å².